The maximum absolute atomic E-state index is 12.7. The van der Waals surface area contributed by atoms with Crippen LogP contribution in [-0.4, -0.2) is 11.9 Å². The first-order valence-electron chi connectivity index (χ1n) is 6.71. The van der Waals surface area contributed by atoms with Crippen LogP contribution in [0, 0.1) is 5.92 Å². The van der Waals surface area contributed by atoms with Gasteiger partial charge < -0.3 is 4.90 Å². The SMILES string of the molecule is C=C(C)C1CCC(C(=C)C)N(c2ccccc2)C1=O. The Hall–Kier alpha value is -1.83. The average Bonchev–Trinajstić information content (AvgIpc) is 2.38. The predicted molar refractivity (Wildman–Crippen MR) is 80.1 cm³/mol. The Morgan fingerprint density at radius 1 is 1.11 bits per heavy atom. The van der Waals surface area contributed by atoms with Gasteiger partial charge in [0.05, 0.1) is 12.0 Å². The van der Waals surface area contributed by atoms with Gasteiger partial charge in [-0.2, -0.15) is 0 Å². The van der Waals surface area contributed by atoms with Crippen molar-refractivity contribution in [2.45, 2.75) is 32.7 Å². The Balaban J connectivity index is 2.39. The molecule has 1 aromatic carbocycles. The number of rotatable bonds is 3. The lowest BCUT2D eigenvalue weighted by Crippen LogP contribution is -2.48. The number of para-hydroxylation sites is 1. The molecule has 1 saturated heterocycles. The van der Waals surface area contributed by atoms with E-state index in [9.17, 15) is 4.79 Å². The van der Waals surface area contributed by atoms with E-state index in [-0.39, 0.29) is 17.9 Å². The quantitative estimate of drug-likeness (QED) is 0.749. The largest absolute Gasteiger partial charge is 0.305 e. The van der Waals surface area contributed by atoms with Gasteiger partial charge in [-0.05, 0) is 38.8 Å². The van der Waals surface area contributed by atoms with Gasteiger partial charge in [0.25, 0.3) is 0 Å². The molecule has 0 radical (unpaired) electrons. The third-order valence-corrected chi connectivity index (χ3v) is 3.77. The topological polar surface area (TPSA) is 20.3 Å². The molecule has 100 valence electrons. The second-order valence-corrected chi connectivity index (χ2v) is 5.38. The molecule has 19 heavy (non-hydrogen) atoms. The fourth-order valence-electron chi connectivity index (χ4n) is 2.72. The Morgan fingerprint density at radius 3 is 2.26 bits per heavy atom. The lowest BCUT2D eigenvalue weighted by atomic mass is 9.85. The zero-order chi connectivity index (χ0) is 14.0. The molecular formula is C17H21NO. The molecular weight excluding hydrogens is 234 g/mol. The molecule has 0 aliphatic carbocycles. The number of benzene rings is 1. The first kappa shape index (κ1) is 13.6. The summed E-state index contributed by atoms with van der Waals surface area (Å²) in [6, 6.07) is 9.95. The summed E-state index contributed by atoms with van der Waals surface area (Å²) >= 11 is 0. The summed E-state index contributed by atoms with van der Waals surface area (Å²) in [6.45, 7) is 11.9. The Labute approximate surface area is 115 Å². The highest BCUT2D eigenvalue weighted by Crippen LogP contribution is 2.34. The Kier molecular flexibility index (Phi) is 3.89. The van der Waals surface area contributed by atoms with E-state index in [1.165, 1.54) is 0 Å². The van der Waals surface area contributed by atoms with Crippen LogP contribution in [0.25, 0.3) is 0 Å². The van der Waals surface area contributed by atoms with Crippen molar-refractivity contribution in [1.29, 1.82) is 0 Å². The Bertz CT molecular complexity index is 503. The van der Waals surface area contributed by atoms with Gasteiger partial charge in [-0.15, -0.1) is 0 Å². The number of carbonyl (C=O) groups is 1. The van der Waals surface area contributed by atoms with Crippen LogP contribution in [0.15, 0.2) is 54.6 Å². The Morgan fingerprint density at radius 2 is 1.74 bits per heavy atom. The number of anilines is 1. The molecule has 0 saturated carbocycles. The van der Waals surface area contributed by atoms with E-state index in [4.69, 9.17) is 0 Å². The van der Waals surface area contributed by atoms with Crippen molar-refractivity contribution in [3.05, 3.63) is 54.6 Å². The van der Waals surface area contributed by atoms with Crippen LogP contribution in [0.4, 0.5) is 5.69 Å². The minimum Gasteiger partial charge on any atom is -0.305 e. The maximum Gasteiger partial charge on any atom is 0.234 e. The number of piperidine rings is 1. The van der Waals surface area contributed by atoms with Crippen LogP contribution in [0.5, 0.6) is 0 Å². The summed E-state index contributed by atoms with van der Waals surface area (Å²) in [5, 5.41) is 0. The molecule has 1 heterocycles. The van der Waals surface area contributed by atoms with Gasteiger partial charge in [0.1, 0.15) is 0 Å². The second kappa shape index (κ2) is 5.43. The van der Waals surface area contributed by atoms with Crippen LogP contribution in [0.1, 0.15) is 26.7 Å². The van der Waals surface area contributed by atoms with E-state index in [1.807, 2.05) is 49.1 Å². The summed E-state index contributed by atoms with van der Waals surface area (Å²) in [4.78, 5) is 14.6. The molecule has 2 atom stereocenters. The average molecular weight is 255 g/mol. The van der Waals surface area contributed by atoms with Crippen molar-refractivity contribution in [2.75, 3.05) is 4.90 Å². The predicted octanol–water partition coefficient (Wildman–Crippen LogP) is 3.95. The van der Waals surface area contributed by atoms with Crippen LogP contribution in [-0.2, 0) is 4.79 Å². The van der Waals surface area contributed by atoms with E-state index in [0.717, 1.165) is 29.7 Å². The van der Waals surface area contributed by atoms with Gasteiger partial charge in [-0.3, -0.25) is 4.79 Å². The van der Waals surface area contributed by atoms with Gasteiger partial charge in [0.2, 0.25) is 5.91 Å². The fourth-order valence-corrected chi connectivity index (χ4v) is 2.72. The van der Waals surface area contributed by atoms with Crippen LogP contribution in [0.2, 0.25) is 0 Å². The first-order chi connectivity index (χ1) is 9.02. The first-order valence-corrected chi connectivity index (χ1v) is 6.71. The van der Waals surface area contributed by atoms with E-state index in [1.54, 1.807) is 0 Å². The van der Waals surface area contributed by atoms with Crippen LogP contribution in [0.3, 0.4) is 0 Å². The minimum absolute atomic E-state index is 0.0594. The lowest BCUT2D eigenvalue weighted by Gasteiger charge is -2.40. The highest BCUT2D eigenvalue weighted by Gasteiger charge is 2.36. The van der Waals surface area contributed by atoms with Gasteiger partial charge >= 0.3 is 0 Å². The van der Waals surface area contributed by atoms with Crippen molar-refractivity contribution >= 4 is 11.6 Å². The van der Waals surface area contributed by atoms with Gasteiger partial charge in [-0.1, -0.05) is 42.5 Å². The summed E-state index contributed by atoms with van der Waals surface area (Å²) in [5.41, 5.74) is 2.94. The molecule has 0 spiro atoms. The van der Waals surface area contributed by atoms with Crippen molar-refractivity contribution in [3.63, 3.8) is 0 Å². The fraction of sp³-hybridized carbons (Fsp3) is 0.353. The number of amides is 1. The summed E-state index contributed by atoms with van der Waals surface area (Å²) in [5.74, 6) is 0.0914. The molecule has 0 aromatic heterocycles. The van der Waals surface area contributed by atoms with E-state index < -0.39 is 0 Å². The van der Waals surface area contributed by atoms with Gasteiger partial charge in [0.15, 0.2) is 0 Å². The minimum atomic E-state index is -0.0594. The smallest absolute Gasteiger partial charge is 0.234 e. The number of nitrogens with zero attached hydrogens (tertiary/aromatic N) is 1. The van der Waals surface area contributed by atoms with Crippen molar-refractivity contribution in [1.82, 2.24) is 0 Å². The lowest BCUT2D eigenvalue weighted by molar-refractivity contribution is -0.123. The monoisotopic (exact) mass is 255 g/mol. The second-order valence-electron chi connectivity index (χ2n) is 5.38. The third kappa shape index (κ3) is 2.62. The molecule has 1 aliphatic heterocycles. The molecule has 1 aromatic rings. The van der Waals surface area contributed by atoms with Crippen molar-refractivity contribution < 1.29 is 4.79 Å². The number of hydrogen-bond acceptors (Lipinski definition) is 1. The standard InChI is InChI=1S/C17H21NO/c1-12(2)15-10-11-16(13(3)4)18(17(15)19)14-8-6-5-7-9-14/h5-9,15-16H,1,3,10-11H2,2,4H3. The van der Waals surface area contributed by atoms with E-state index >= 15 is 0 Å². The summed E-state index contributed by atoms with van der Waals surface area (Å²) < 4.78 is 0. The molecule has 1 fully saturated rings. The zero-order valence-electron chi connectivity index (χ0n) is 11.7. The van der Waals surface area contributed by atoms with Crippen molar-refractivity contribution in [3.8, 4) is 0 Å². The van der Waals surface area contributed by atoms with Gasteiger partial charge in [-0.25, -0.2) is 0 Å². The highest BCUT2D eigenvalue weighted by molar-refractivity contribution is 5.98. The van der Waals surface area contributed by atoms with Crippen molar-refractivity contribution in [2.24, 2.45) is 5.92 Å². The zero-order valence-corrected chi connectivity index (χ0v) is 11.7. The molecule has 1 amide bonds. The molecule has 0 bridgehead atoms. The molecule has 0 N–H and O–H groups in total. The van der Waals surface area contributed by atoms with E-state index in [2.05, 4.69) is 13.2 Å². The van der Waals surface area contributed by atoms with Gasteiger partial charge in [0, 0.05) is 5.69 Å². The maximum atomic E-state index is 12.7. The molecule has 1 aliphatic rings. The van der Waals surface area contributed by atoms with Crippen LogP contribution < -0.4 is 4.90 Å². The normalized spacial score (nSPS) is 23.3. The highest BCUT2D eigenvalue weighted by atomic mass is 16.2. The number of carbonyl (C=O) groups excluding carboxylic acids is 1. The molecule has 2 nitrogen and oxygen atoms in total. The third-order valence-electron chi connectivity index (χ3n) is 3.77. The number of hydrogen-bond donors (Lipinski definition) is 0. The molecule has 2 heteroatoms. The summed E-state index contributed by atoms with van der Waals surface area (Å²) in [7, 11) is 0. The molecule has 2 unspecified atom stereocenters. The molecule has 2 rings (SSSR count). The van der Waals surface area contributed by atoms with E-state index in [0.29, 0.717) is 0 Å². The summed E-state index contributed by atoms with van der Waals surface area (Å²) in [6.07, 6.45) is 1.82. The van der Waals surface area contributed by atoms with Crippen LogP contribution >= 0.6 is 0 Å².